The summed E-state index contributed by atoms with van der Waals surface area (Å²) in [5, 5.41) is 12.6. The van der Waals surface area contributed by atoms with Crippen molar-refractivity contribution in [3.05, 3.63) is 48.0 Å². The highest BCUT2D eigenvalue weighted by atomic mass is 16.5. The lowest BCUT2D eigenvalue weighted by atomic mass is 10.1. The summed E-state index contributed by atoms with van der Waals surface area (Å²) in [5.74, 6) is 1.15. The van der Waals surface area contributed by atoms with Crippen molar-refractivity contribution in [1.29, 1.82) is 5.26 Å². The maximum Gasteiger partial charge on any atom is 0.243 e. The second-order valence-corrected chi connectivity index (χ2v) is 5.91. The molecule has 0 radical (unpaired) electrons. The molecule has 6 N–H and O–H groups in total. The van der Waals surface area contributed by atoms with Gasteiger partial charge in [-0.2, -0.15) is 5.26 Å². The number of benzene rings is 2. The third-order valence-electron chi connectivity index (χ3n) is 3.95. The van der Waals surface area contributed by atoms with Gasteiger partial charge in [0.05, 0.1) is 6.61 Å². The number of carbonyl (C=O) groups excluding carboxylic acids is 1. The van der Waals surface area contributed by atoms with Crippen LogP contribution in [0.1, 0.15) is 5.56 Å². The van der Waals surface area contributed by atoms with Crippen molar-refractivity contribution in [3.8, 4) is 17.6 Å². The minimum Gasteiger partial charge on any atom is -0.457 e. The number of carbonyl (C=O) groups is 1. The normalized spacial score (nSPS) is 11.7. The van der Waals surface area contributed by atoms with Gasteiger partial charge in [-0.25, -0.2) is 0 Å². The van der Waals surface area contributed by atoms with Crippen molar-refractivity contribution in [2.45, 2.75) is 6.04 Å². The number of fused-ring (bicyclic) bond motifs is 1. The van der Waals surface area contributed by atoms with E-state index in [0.717, 1.165) is 5.52 Å². The molecule has 138 valence electrons. The molecule has 1 atom stereocenters. The number of nitrogens with two attached hydrogens (primary N) is 2. The molecule has 0 aliphatic carbocycles. The number of methoxy groups -OCH3 is 1. The zero-order chi connectivity index (χ0) is 19.4. The summed E-state index contributed by atoms with van der Waals surface area (Å²) in [4.78, 5) is 14.8. The number of nitrogens with zero attached hydrogens (tertiary/aromatic N) is 1. The Hall–Kier alpha value is -3.54. The first-order chi connectivity index (χ1) is 13.0. The molecule has 0 saturated carbocycles. The van der Waals surface area contributed by atoms with Gasteiger partial charge in [-0.3, -0.25) is 4.79 Å². The Kier molecular flexibility index (Phi) is 5.26. The highest BCUT2D eigenvalue weighted by Crippen LogP contribution is 2.30. The standard InChI is InChI=1S/C19H19N5O3/c1-26-10-16(21)19(25)23-11-2-4-12(5-3-11)27-13-6-7-17-14(8-13)15(9-20)18(22)24-17/h2-8,16,24H,10,21-22H2,1H3,(H,23,25)/t16-/m0/s1. The fourth-order valence-electron chi connectivity index (χ4n) is 2.61. The first kappa shape index (κ1) is 18.3. The Morgan fingerprint density at radius 3 is 2.63 bits per heavy atom. The van der Waals surface area contributed by atoms with Crippen LogP contribution in [-0.2, 0) is 9.53 Å². The number of hydrogen-bond acceptors (Lipinski definition) is 6. The van der Waals surface area contributed by atoms with Gasteiger partial charge in [0.1, 0.15) is 35.0 Å². The first-order valence-corrected chi connectivity index (χ1v) is 8.16. The van der Waals surface area contributed by atoms with E-state index in [4.69, 9.17) is 20.9 Å². The van der Waals surface area contributed by atoms with E-state index in [1.807, 2.05) is 0 Å². The molecule has 2 aromatic carbocycles. The molecule has 0 bridgehead atoms. The number of rotatable bonds is 6. The molecule has 0 unspecified atom stereocenters. The number of H-pyrrole nitrogens is 1. The Morgan fingerprint density at radius 1 is 1.26 bits per heavy atom. The summed E-state index contributed by atoms with van der Waals surface area (Å²) in [6.07, 6.45) is 0. The maximum atomic E-state index is 11.9. The summed E-state index contributed by atoms with van der Waals surface area (Å²) in [7, 11) is 1.48. The van der Waals surface area contributed by atoms with Gasteiger partial charge in [0, 0.05) is 23.7 Å². The molecule has 3 aromatic rings. The van der Waals surface area contributed by atoms with E-state index in [1.165, 1.54) is 7.11 Å². The minimum absolute atomic E-state index is 0.143. The van der Waals surface area contributed by atoms with Crippen molar-refractivity contribution in [1.82, 2.24) is 4.98 Å². The lowest BCUT2D eigenvalue weighted by Gasteiger charge is -2.12. The van der Waals surface area contributed by atoms with Crippen LogP contribution in [0.15, 0.2) is 42.5 Å². The van der Waals surface area contributed by atoms with Gasteiger partial charge in [-0.05, 0) is 42.5 Å². The second kappa shape index (κ2) is 7.78. The van der Waals surface area contributed by atoms with E-state index in [1.54, 1.807) is 42.5 Å². The summed E-state index contributed by atoms with van der Waals surface area (Å²) >= 11 is 0. The number of nitriles is 1. The monoisotopic (exact) mass is 365 g/mol. The fourth-order valence-corrected chi connectivity index (χ4v) is 2.61. The van der Waals surface area contributed by atoms with E-state index in [0.29, 0.717) is 34.0 Å². The van der Waals surface area contributed by atoms with Crippen LogP contribution < -0.4 is 21.5 Å². The van der Waals surface area contributed by atoms with Gasteiger partial charge >= 0.3 is 0 Å². The number of aromatic nitrogens is 1. The zero-order valence-corrected chi connectivity index (χ0v) is 14.7. The van der Waals surface area contributed by atoms with Gasteiger partial charge < -0.3 is 31.2 Å². The molecule has 1 amide bonds. The predicted molar refractivity (Wildman–Crippen MR) is 102 cm³/mol. The van der Waals surface area contributed by atoms with Crippen molar-refractivity contribution in [2.75, 3.05) is 24.8 Å². The summed E-state index contributed by atoms with van der Waals surface area (Å²) in [6, 6.07) is 13.5. The van der Waals surface area contributed by atoms with Gasteiger partial charge in [0.15, 0.2) is 0 Å². The SMILES string of the molecule is COC[C@H](N)C(=O)Nc1ccc(Oc2ccc3[nH]c(N)c(C#N)c3c2)cc1. The lowest BCUT2D eigenvalue weighted by molar-refractivity contribution is -0.118. The smallest absolute Gasteiger partial charge is 0.243 e. The van der Waals surface area contributed by atoms with Crippen LogP contribution in [0.4, 0.5) is 11.5 Å². The molecule has 0 fully saturated rings. The number of anilines is 2. The zero-order valence-electron chi connectivity index (χ0n) is 14.7. The first-order valence-electron chi connectivity index (χ1n) is 8.16. The van der Waals surface area contributed by atoms with Crippen LogP contribution in [0.25, 0.3) is 10.9 Å². The third kappa shape index (κ3) is 4.00. The molecular formula is C19H19N5O3. The molecule has 0 spiro atoms. The molecular weight excluding hydrogens is 346 g/mol. The van der Waals surface area contributed by atoms with Crippen LogP contribution in [-0.4, -0.2) is 30.6 Å². The molecule has 8 nitrogen and oxygen atoms in total. The predicted octanol–water partition coefficient (Wildman–Crippen LogP) is 2.33. The Bertz CT molecular complexity index is 1000. The Balaban J connectivity index is 1.72. The summed E-state index contributed by atoms with van der Waals surface area (Å²) in [6.45, 7) is 0.143. The molecule has 8 heteroatoms. The molecule has 0 aliphatic rings. The number of aromatic amines is 1. The van der Waals surface area contributed by atoms with Crippen LogP contribution >= 0.6 is 0 Å². The molecule has 27 heavy (non-hydrogen) atoms. The van der Waals surface area contributed by atoms with Crippen LogP contribution in [0, 0.1) is 11.3 Å². The fraction of sp³-hybridized carbons (Fsp3) is 0.158. The maximum absolute atomic E-state index is 11.9. The van der Waals surface area contributed by atoms with E-state index < -0.39 is 6.04 Å². The van der Waals surface area contributed by atoms with Crippen molar-refractivity contribution in [3.63, 3.8) is 0 Å². The highest BCUT2D eigenvalue weighted by molar-refractivity contribution is 5.95. The summed E-state index contributed by atoms with van der Waals surface area (Å²) < 4.78 is 10.7. The Morgan fingerprint density at radius 2 is 1.96 bits per heavy atom. The van der Waals surface area contributed by atoms with E-state index >= 15 is 0 Å². The van der Waals surface area contributed by atoms with Crippen molar-refractivity contribution in [2.24, 2.45) is 5.73 Å². The topological polar surface area (TPSA) is 139 Å². The average molecular weight is 365 g/mol. The highest BCUT2D eigenvalue weighted by Gasteiger charge is 2.13. The van der Waals surface area contributed by atoms with Gasteiger partial charge in [0.25, 0.3) is 0 Å². The third-order valence-corrected chi connectivity index (χ3v) is 3.95. The summed E-state index contributed by atoms with van der Waals surface area (Å²) in [5.41, 5.74) is 13.2. The van der Waals surface area contributed by atoms with Crippen LogP contribution in [0.2, 0.25) is 0 Å². The molecule has 0 saturated heterocycles. The van der Waals surface area contributed by atoms with E-state index in [2.05, 4.69) is 16.4 Å². The van der Waals surface area contributed by atoms with E-state index in [-0.39, 0.29) is 12.5 Å². The Labute approximate surface area is 155 Å². The van der Waals surface area contributed by atoms with Gasteiger partial charge in [-0.15, -0.1) is 0 Å². The molecule has 1 heterocycles. The average Bonchev–Trinajstić information content (AvgIpc) is 2.97. The minimum atomic E-state index is -0.735. The second-order valence-electron chi connectivity index (χ2n) is 5.91. The van der Waals surface area contributed by atoms with Gasteiger partial charge in [0.2, 0.25) is 5.91 Å². The van der Waals surface area contributed by atoms with Gasteiger partial charge in [-0.1, -0.05) is 0 Å². The van der Waals surface area contributed by atoms with Crippen LogP contribution in [0.3, 0.4) is 0 Å². The number of hydrogen-bond donors (Lipinski definition) is 4. The molecule has 1 aromatic heterocycles. The number of nitrogens with one attached hydrogen (secondary N) is 2. The lowest BCUT2D eigenvalue weighted by Crippen LogP contribution is -2.39. The quantitative estimate of drug-likeness (QED) is 0.529. The molecule has 0 aliphatic heterocycles. The van der Waals surface area contributed by atoms with E-state index in [9.17, 15) is 10.1 Å². The number of nitrogen functional groups attached to an aromatic ring is 1. The molecule has 3 rings (SSSR count). The largest absolute Gasteiger partial charge is 0.457 e. The van der Waals surface area contributed by atoms with Crippen molar-refractivity contribution < 1.29 is 14.3 Å². The van der Waals surface area contributed by atoms with Crippen molar-refractivity contribution >= 4 is 28.3 Å². The number of amides is 1. The van der Waals surface area contributed by atoms with Crippen LogP contribution in [0.5, 0.6) is 11.5 Å². The number of ether oxygens (including phenoxy) is 2.